The number of hydrogen-bond acceptors (Lipinski definition) is 12. The summed E-state index contributed by atoms with van der Waals surface area (Å²) < 4.78 is 5.60. The lowest BCUT2D eigenvalue weighted by Gasteiger charge is -2.46. The molecule has 13 nitrogen and oxygen atoms in total. The summed E-state index contributed by atoms with van der Waals surface area (Å²) in [6.07, 6.45) is -0.869. The first-order chi connectivity index (χ1) is 22.5. The Bertz CT molecular complexity index is 1820. The van der Waals surface area contributed by atoms with E-state index in [1.54, 1.807) is 31.2 Å². The summed E-state index contributed by atoms with van der Waals surface area (Å²) in [7, 11) is 0. The van der Waals surface area contributed by atoms with Crippen molar-refractivity contribution in [3.63, 3.8) is 0 Å². The number of aliphatic hydroxyl groups is 1. The van der Waals surface area contributed by atoms with E-state index in [-0.39, 0.29) is 59.5 Å². The highest BCUT2D eigenvalue weighted by Gasteiger charge is 2.60. The highest BCUT2D eigenvalue weighted by molar-refractivity contribution is 8.03. The van der Waals surface area contributed by atoms with Crippen molar-refractivity contribution in [1.29, 1.82) is 0 Å². The Kier molecular flexibility index (Phi) is 7.85. The fourth-order valence-electron chi connectivity index (χ4n) is 6.51. The molecule has 2 fully saturated rings. The number of carbonyl (C=O) groups is 4. The minimum atomic E-state index is -0.869. The molecule has 0 saturated carbocycles. The van der Waals surface area contributed by atoms with Crippen LogP contribution in [-0.4, -0.2) is 79.0 Å². The van der Waals surface area contributed by atoms with E-state index >= 15 is 0 Å². The van der Waals surface area contributed by atoms with Gasteiger partial charge < -0.3 is 19.6 Å². The molecule has 4 aliphatic heterocycles. The van der Waals surface area contributed by atoms with Gasteiger partial charge in [0.1, 0.15) is 12.3 Å². The third-order valence-electron chi connectivity index (χ3n) is 8.97. The minimum Gasteiger partial charge on any atom is -0.456 e. The van der Waals surface area contributed by atoms with E-state index in [0.717, 1.165) is 10.0 Å². The van der Waals surface area contributed by atoms with Crippen molar-refractivity contribution in [3.05, 3.63) is 97.0 Å². The number of hydrogen-bond donors (Lipinski definition) is 1. The maximum Gasteiger partial charge on any atom is 0.356 e. The number of amides is 3. The largest absolute Gasteiger partial charge is 0.456 e. The zero-order valence-electron chi connectivity index (χ0n) is 25.3. The summed E-state index contributed by atoms with van der Waals surface area (Å²) in [4.78, 5) is 72.7. The molecule has 0 bridgehead atoms. The number of aliphatic hydroxyl groups excluding tert-OH is 1. The van der Waals surface area contributed by atoms with Gasteiger partial charge in [-0.2, -0.15) is 0 Å². The van der Waals surface area contributed by atoms with E-state index < -0.39 is 22.9 Å². The van der Waals surface area contributed by atoms with E-state index in [1.807, 2.05) is 12.3 Å². The number of fused-ring (bicyclic) bond motifs is 2. The van der Waals surface area contributed by atoms with Crippen molar-refractivity contribution >= 4 is 57.6 Å². The number of esters is 1. The molecule has 242 valence electrons. The Hall–Kier alpha value is -4.60. The number of β-lactam (4-membered cyclic amide) rings is 1. The molecule has 1 N–H and O–H groups in total. The van der Waals surface area contributed by atoms with Crippen LogP contribution in [0.1, 0.15) is 45.8 Å². The van der Waals surface area contributed by atoms with Crippen LogP contribution in [-0.2, 0) is 27.5 Å². The van der Waals surface area contributed by atoms with Crippen LogP contribution in [0.25, 0.3) is 0 Å². The first-order valence-corrected chi connectivity index (χ1v) is 16.8. The summed E-state index contributed by atoms with van der Waals surface area (Å²) in [6.45, 7) is 4.74. The molecule has 47 heavy (non-hydrogen) atoms. The van der Waals surface area contributed by atoms with Crippen molar-refractivity contribution in [2.75, 3.05) is 18.0 Å². The van der Waals surface area contributed by atoms with Crippen LogP contribution < -0.4 is 4.90 Å². The number of nitrogens with zero attached hydrogens (tertiary/aromatic N) is 5. The predicted molar refractivity (Wildman–Crippen MR) is 171 cm³/mol. The van der Waals surface area contributed by atoms with Gasteiger partial charge in [-0.15, -0.1) is 23.1 Å². The lowest BCUT2D eigenvalue weighted by molar-refractivity contribution is -0.384. The zero-order valence-corrected chi connectivity index (χ0v) is 26.9. The van der Waals surface area contributed by atoms with Crippen LogP contribution in [0.2, 0.25) is 0 Å². The Balaban J connectivity index is 1.02. The molecule has 0 spiro atoms. The van der Waals surface area contributed by atoms with Crippen molar-refractivity contribution in [3.8, 4) is 0 Å². The van der Waals surface area contributed by atoms with Crippen molar-refractivity contribution in [2.45, 2.75) is 44.4 Å². The lowest BCUT2D eigenvalue weighted by Crippen LogP contribution is -2.63. The number of aromatic nitrogens is 1. The quantitative estimate of drug-likeness (QED) is 0.110. The van der Waals surface area contributed by atoms with E-state index in [9.17, 15) is 34.4 Å². The third-order valence-corrected chi connectivity index (χ3v) is 11.4. The van der Waals surface area contributed by atoms with Gasteiger partial charge in [0.25, 0.3) is 17.5 Å². The van der Waals surface area contributed by atoms with Gasteiger partial charge in [-0.05, 0) is 36.8 Å². The molecule has 1 aromatic heterocycles. The van der Waals surface area contributed by atoms with Gasteiger partial charge in [0.2, 0.25) is 5.91 Å². The van der Waals surface area contributed by atoms with Crippen molar-refractivity contribution in [2.24, 2.45) is 11.8 Å². The van der Waals surface area contributed by atoms with E-state index in [2.05, 4.69) is 9.88 Å². The Morgan fingerprint density at radius 2 is 1.79 bits per heavy atom. The number of benzene rings is 2. The Morgan fingerprint density at radius 1 is 1.13 bits per heavy atom. The first kappa shape index (κ1) is 31.0. The second-order valence-corrected chi connectivity index (χ2v) is 14.2. The molecule has 7 rings (SSSR count). The van der Waals surface area contributed by atoms with Gasteiger partial charge in [-0.25, -0.2) is 9.78 Å². The number of thioether (sulfide) groups is 1. The molecule has 2 saturated heterocycles. The van der Waals surface area contributed by atoms with E-state index in [4.69, 9.17) is 4.74 Å². The molecule has 3 aromatic rings. The fraction of sp³-hybridized carbons (Fsp3) is 0.344. The van der Waals surface area contributed by atoms with Gasteiger partial charge >= 0.3 is 5.97 Å². The van der Waals surface area contributed by atoms with Crippen molar-refractivity contribution < 1.29 is 33.9 Å². The summed E-state index contributed by atoms with van der Waals surface area (Å²) in [5.41, 5.74) is 2.09. The molecule has 0 aliphatic carbocycles. The fourth-order valence-corrected chi connectivity index (χ4v) is 8.86. The molecular formula is C32H29N5O8S2. The zero-order chi connectivity index (χ0) is 33.1. The number of anilines is 1. The van der Waals surface area contributed by atoms with Crippen LogP contribution in [0, 0.1) is 22.0 Å². The second kappa shape index (κ2) is 11.9. The highest BCUT2D eigenvalue weighted by atomic mass is 32.2. The molecule has 2 aromatic carbocycles. The standard InChI is InChI=1S/C32H29N5O8S2/c1-16-25-24(17(2)38)30(41)36(25)26(31(42)45-14-18-7-9-20(10-8-18)37(43)44)27(16)47-21-12-34(13-21)32-33-19(15-46-32)11-35-28(39)22-5-3-4-6-23(22)29(35)40/h3-10,15-17,21,24-25,38H,11-14H2,1-2H3/t16-,17-,24-,25-/m1/s1. The molecule has 0 radical (unpaired) electrons. The summed E-state index contributed by atoms with van der Waals surface area (Å²) in [5, 5.41) is 24.0. The first-order valence-electron chi connectivity index (χ1n) is 15.0. The average Bonchev–Trinajstić information content (AvgIpc) is 3.66. The number of carbonyl (C=O) groups excluding carboxylic acids is 4. The van der Waals surface area contributed by atoms with Crippen LogP contribution in [0.4, 0.5) is 10.8 Å². The number of nitro groups is 1. The molecular weight excluding hydrogens is 647 g/mol. The second-order valence-electron chi connectivity index (χ2n) is 12.0. The monoisotopic (exact) mass is 675 g/mol. The number of ether oxygens (including phenoxy) is 1. The molecule has 4 atom stereocenters. The minimum absolute atomic E-state index is 0.0736. The SMILES string of the molecule is C[C@@H](O)[C@H]1C(=O)N2C(C(=O)OCc3ccc([N+](=O)[O-])cc3)=C(SC3CN(c4nc(CN5C(=O)c6ccccc6C5=O)cs4)C3)[C@H](C)[C@H]12. The average molecular weight is 676 g/mol. The molecule has 5 heterocycles. The number of nitro benzene ring substituents is 1. The maximum atomic E-state index is 13.5. The molecule has 0 unspecified atom stereocenters. The molecule has 15 heteroatoms. The highest BCUT2D eigenvalue weighted by Crippen LogP contribution is 2.52. The van der Waals surface area contributed by atoms with Crippen molar-refractivity contribution in [1.82, 2.24) is 14.8 Å². The van der Waals surface area contributed by atoms with Gasteiger partial charge in [0.05, 0.1) is 46.4 Å². The van der Waals surface area contributed by atoms with Gasteiger partial charge in [-0.3, -0.25) is 29.4 Å². The maximum absolute atomic E-state index is 13.5. The normalized spacial score (nSPS) is 22.7. The predicted octanol–water partition coefficient (Wildman–Crippen LogP) is 3.58. The lowest BCUT2D eigenvalue weighted by atomic mass is 9.79. The molecule has 3 amide bonds. The van der Waals surface area contributed by atoms with Gasteiger partial charge in [-0.1, -0.05) is 19.1 Å². The Labute approximate surface area is 277 Å². The van der Waals surface area contributed by atoms with Gasteiger partial charge in [0.15, 0.2) is 5.13 Å². The summed E-state index contributed by atoms with van der Waals surface area (Å²) in [5.74, 6) is -2.45. The third kappa shape index (κ3) is 5.27. The summed E-state index contributed by atoms with van der Waals surface area (Å²) in [6, 6.07) is 12.1. The number of rotatable bonds is 10. The number of non-ortho nitro benzene ring substituents is 1. The van der Waals surface area contributed by atoms with Gasteiger partial charge in [0, 0.05) is 46.7 Å². The molecule has 4 aliphatic rings. The Morgan fingerprint density at radius 3 is 2.40 bits per heavy atom. The van der Waals surface area contributed by atoms with Crippen LogP contribution >= 0.6 is 23.1 Å². The topological polar surface area (TPSA) is 163 Å². The van der Waals surface area contributed by atoms with Crippen LogP contribution in [0.15, 0.2) is 64.5 Å². The van der Waals surface area contributed by atoms with E-state index in [0.29, 0.717) is 35.5 Å². The van der Waals surface area contributed by atoms with E-state index in [1.165, 1.54) is 57.2 Å². The van der Waals surface area contributed by atoms with Crippen LogP contribution in [0.5, 0.6) is 0 Å². The smallest absolute Gasteiger partial charge is 0.356 e. The summed E-state index contributed by atoms with van der Waals surface area (Å²) >= 11 is 2.95. The van der Waals surface area contributed by atoms with Crippen LogP contribution in [0.3, 0.4) is 0 Å². The number of thiazole rings is 1. The number of imide groups is 1.